The van der Waals surface area contributed by atoms with Gasteiger partial charge in [0.05, 0.1) is 7.11 Å². The minimum Gasteiger partial charge on any atom is -0.497 e. The van der Waals surface area contributed by atoms with Crippen molar-refractivity contribution in [3.63, 3.8) is 0 Å². The van der Waals surface area contributed by atoms with Gasteiger partial charge in [0.25, 0.3) is 0 Å². The number of fused-ring (bicyclic) bond motifs is 1. The molecule has 21 heavy (non-hydrogen) atoms. The minimum atomic E-state index is 0.399. The van der Waals surface area contributed by atoms with Crippen LogP contribution < -0.4 is 10.1 Å². The quantitative estimate of drug-likeness (QED) is 0.897. The Morgan fingerprint density at radius 1 is 1.24 bits per heavy atom. The summed E-state index contributed by atoms with van der Waals surface area (Å²) in [4.78, 5) is 0. The van der Waals surface area contributed by atoms with E-state index in [9.17, 15) is 0 Å². The Hall–Kier alpha value is -1.51. The fraction of sp³-hybridized carbons (Fsp3) is 0.333. The molecule has 2 nitrogen and oxygen atoms in total. The van der Waals surface area contributed by atoms with Gasteiger partial charge in [-0.25, -0.2) is 0 Å². The normalized spacial score (nSPS) is 17.3. The van der Waals surface area contributed by atoms with E-state index < -0.39 is 0 Å². The van der Waals surface area contributed by atoms with Crippen molar-refractivity contribution in [3.8, 4) is 5.75 Å². The fourth-order valence-corrected chi connectivity index (χ4v) is 3.21. The molecule has 0 amide bonds. The highest BCUT2D eigenvalue weighted by Gasteiger charge is 2.20. The summed E-state index contributed by atoms with van der Waals surface area (Å²) in [6, 6.07) is 14.8. The van der Waals surface area contributed by atoms with Gasteiger partial charge in [0.15, 0.2) is 0 Å². The first-order valence-electron chi connectivity index (χ1n) is 7.41. The lowest BCUT2D eigenvalue weighted by Gasteiger charge is -2.27. The van der Waals surface area contributed by atoms with Gasteiger partial charge in [-0.05, 0) is 54.2 Å². The highest BCUT2D eigenvalue weighted by atomic mass is 35.5. The van der Waals surface area contributed by atoms with Crippen molar-refractivity contribution in [3.05, 3.63) is 64.2 Å². The summed E-state index contributed by atoms with van der Waals surface area (Å²) in [5.74, 6) is 0.945. The maximum atomic E-state index is 6.23. The molecule has 3 heteroatoms. The Kier molecular flexibility index (Phi) is 4.47. The molecule has 0 saturated carbocycles. The summed E-state index contributed by atoms with van der Waals surface area (Å²) in [7, 11) is 1.72. The van der Waals surface area contributed by atoms with E-state index in [1.54, 1.807) is 7.11 Å². The lowest BCUT2D eigenvalue weighted by Crippen LogP contribution is -2.25. The summed E-state index contributed by atoms with van der Waals surface area (Å²) >= 11 is 6.23. The maximum absolute atomic E-state index is 6.23. The lowest BCUT2D eigenvalue weighted by atomic mass is 9.87. The third-order valence-electron chi connectivity index (χ3n) is 4.16. The first-order valence-corrected chi connectivity index (χ1v) is 7.79. The van der Waals surface area contributed by atoms with Crippen LogP contribution in [0.25, 0.3) is 0 Å². The number of aryl methyl sites for hydroxylation is 1. The van der Waals surface area contributed by atoms with E-state index in [1.807, 2.05) is 24.3 Å². The molecule has 0 aromatic heterocycles. The Bertz CT molecular complexity index is 626. The Labute approximate surface area is 131 Å². The maximum Gasteiger partial charge on any atom is 0.119 e. The number of hydrogen-bond donors (Lipinski definition) is 1. The summed E-state index contributed by atoms with van der Waals surface area (Å²) in [5.41, 5.74) is 3.95. The molecular formula is C18H20ClNO. The molecule has 0 radical (unpaired) electrons. The lowest BCUT2D eigenvalue weighted by molar-refractivity contribution is 0.410. The van der Waals surface area contributed by atoms with Crippen molar-refractivity contribution in [1.82, 2.24) is 5.32 Å². The van der Waals surface area contributed by atoms with Gasteiger partial charge in [-0.2, -0.15) is 0 Å². The first-order chi connectivity index (χ1) is 10.3. The molecule has 0 spiro atoms. The van der Waals surface area contributed by atoms with E-state index in [0.29, 0.717) is 6.04 Å². The van der Waals surface area contributed by atoms with Crippen molar-refractivity contribution in [1.29, 1.82) is 0 Å². The number of methoxy groups -OCH3 is 1. The predicted molar refractivity (Wildman–Crippen MR) is 87.0 cm³/mol. The fourth-order valence-electron chi connectivity index (χ4n) is 3.00. The zero-order chi connectivity index (χ0) is 14.7. The molecule has 110 valence electrons. The second-order valence-corrected chi connectivity index (χ2v) is 5.89. The molecule has 1 unspecified atom stereocenters. The van der Waals surface area contributed by atoms with Crippen LogP contribution in [0, 0.1) is 0 Å². The van der Waals surface area contributed by atoms with E-state index in [4.69, 9.17) is 16.3 Å². The molecule has 0 saturated heterocycles. The first kappa shape index (κ1) is 14.4. The standard InChI is InChI=1S/C18H20ClNO/c1-21-15-9-10-16-13(11-15)6-4-8-18(16)20-12-14-5-2-3-7-17(14)19/h2-3,5,7,9-11,18,20H,4,6,8,12H2,1H3. The number of halogens is 1. The molecule has 0 heterocycles. The number of rotatable bonds is 4. The summed E-state index contributed by atoms with van der Waals surface area (Å²) in [6.07, 6.45) is 3.51. The molecule has 0 fully saturated rings. The van der Waals surface area contributed by atoms with E-state index >= 15 is 0 Å². The smallest absolute Gasteiger partial charge is 0.119 e. The summed E-state index contributed by atoms with van der Waals surface area (Å²) < 4.78 is 5.32. The largest absolute Gasteiger partial charge is 0.497 e. The Balaban J connectivity index is 1.75. The highest BCUT2D eigenvalue weighted by molar-refractivity contribution is 6.31. The zero-order valence-electron chi connectivity index (χ0n) is 12.2. The average molecular weight is 302 g/mol. The van der Waals surface area contributed by atoms with Gasteiger partial charge >= 0.3 is 0 Å². The van der Waals surface area contributed by atoms with E-state index in [0.717, 1.165) is 29.3 Å². The average Bonchev–Trinajstić information content (AvgIpc) is 2.53. The van der Waals surface area contributed by atoms with Gasteiger partial charge in [0, 0.05) is 17.6 Å². The molecule has 0 bridgehead atoms. The van der Waals surface area contributed by atoms with Gasteiger partial charge in [-0.1, -0.05) is 35.9 Å². The Morgan fingerprint density at radius 2 is 2.10 bits per heavy atom. The van der Waals surface area contributed by atoms with Crippen molar-refractivity contribution in [2.75, 3.05) is 7.11 Å². The monoisotopic (exact) mass is 301 g/mol. The van der Waals surface area contributed by atoms with Crippen LogP contribution in [0.15, 0.2) is 42.5 Å². The van der Waals surface area contributed by atoms with Crippen LogP contribution in [-0.4, -0.2) is 7.11 Å². The molecule has 1 atom stereocenters. The molecular weight excluding hydrogens is 282 g/mol. The Morgan fingerprint density at radius 3 is 2.90 bits per heavy atom. The highest BCUT2D eigenvalue weighted by Crippen LogP contribution is 2.32. The van der Waals surface area contributed by atoms with E-state index in [2.05, 4.69) is 23.5 Å². The van der Waals surface area contributed by atoms with Crippen molar-refractivity contribution in [2.45, 2.75) is 31.8 Å². The number of nitrogens with one attached hydrogen (secondary N) is 1. The van der Waals surface area contributed by atoms with Crippen LogP contribution in [0.4, 0.5) is 0 Å². The van der Waals surface area contributed by atoms with Crippen LogP contribution in [0.2, 0.25) is 5.02 Å². The van der Waals surface area contributed by atoms with Gasteiger partial charge in [-0.15, -0.1) is 0 Å². The molecule has 3 rings (SSSR count). The predicted octanol–water partition coefficient (Wildman–Crippen LogP) is 4.52. The van der Waals surface area contributed by atoms with Gasteiger partial charge < -0.3 is 10.1 Å². The van der Waals surface area contributed by atoms with E-state index in [1.165, 1.54) is 24.0 Å². The van der Waals surface area contributed by atoms with Crippen LogP contribution in [0.5, 0.6) is 5.75 Å². The van der Waals surface area contributed by atoms with Crippen LogP contribution >= 0.6 is 11.6 Å². The van der Waals surface area contributed by atoms with Crippen LogP contribution in [0.1, 0.15) is 35.6 Å². The van der Waals surface area contributed by atoms with Crippen molar-refractivity contribution in [2.24, 2.45) is 0 Å². The molecule has 0 aliphatic heterocycles. The van der Waals surface area contributed by atoms with Gasteiger partial charge in [0.2, 0.25) is 0 Å². The third-order valence-corrected chi connectivity index (χ3v) is 4.53. The summed E-state index contributed by atoms with van der Waals surface area (Å²) in [6.45, 7) is 0.801. The minimum absolute atomic E-state index is 0.399. The SMILES string of the molecule is COc1ccc2c(c1)CCCC2NCc1ccccc1Cl. The molecule has 2 aromatic rings. The van der Waals surface area contributed by atoms with Gasteiger partial charge in [0.1, 0.15) is 5.75 Å². The molecule has 2 aromatic carbocycles. The molecule has 1 N–H and O–H groups in total. The second-order valence-electron chi connectivity index (χ2n) is 5.48. The van der Waals surface area contributed by atoms with Gasteiger partial charge in [-0.3, -0.25) is 0 Å². The number of ether oxygens (including phenoxy) is 1. The molecule has 1 aliphatic carbocycles. The number of benzene rings is 2. The third kappa shape index (κ3) is 3.22. The zero-order valence-corrected chi connectivity index (χ0v) is 13.0. The summed E-state index contributed by atoms with van der Waals surface area (Å²) in [5, 5.41) is 4.48. The topological polar surface area (TPSA) is 21.3 Å². The number of hydrogen-bond acceptors (Lipinski definition) is 2. The van der Waals surface area contributed by atoms with Crippen LogP contribution in [-0.2, 0) is 13.0 Å². The second kappa shape index (κ2) is 6.50. The van der Waals surface area contributed by atoms with Crippen molar-refractivity contribution < 1.29 is 4.74 Å². The van der Waals surface area contributed by atoms with Crippen LogP contribution in [0.3, 0.4) is 0 Å². The van der Waals surface area contributed by atoms with E-state index in [-0.39, 0.29) is 0 Å². The molecule has 1 aliphatic rings. The van der Waals surface area contributed by atoms with Crippen molar-refractivity contribution >= 4 is 11.6 Å².